The van der Waals surface area contributed by atoms with Crippen LogP contribution in [0.1, 0.15) is 42.7 Å². The third kappa shape index (κ3) is 3.75. The number of hydrogen-bond donors (Lipinski definition) is 1. The van der Waals surface area contributed by atoms with E-state index in [0.29, 0.717) is 5.92 Å². The molecule has 2 aromatic rings. The van der Waals surface area contributed by atoms with E-state index in [1.54, 1.807) is 18.2 Å². The Balaban J connectivity index is 1.57. The van der Waals surface area contributed by atoms with Crippen LogP contribution in [0.5, 0.6) is 0 Å². The van der Waals surface area contributed by atoms with Crippen LogP contribution in [0.4, 0.5) is 0 Å². The molecule has 0 aromatic heterocycles. The number of aliphatic hydroxyl groups is 1. The quantitative estimate of drug-likeness (QED) is 0.770. The molecule has 1 aliphatic carbocycles. The molecule has 2 fully saturated rings. The molecule has 3 atom stereocenters. The van der Waals surface area contributed by atoms with Crippen molar-refractivity contribution in [3.05, 3.63) is 65.7 Å². The minimum absolute atomic E-state index is 0.125. The van der Waals surface area contributed by atoms with Gasteiger partial charge in [-0.1, -0.05) is 55.0 Å². The first-order valence-electron chi connectivity index (χ1n) is 10.3. The predicted molar refractivity (Wildman–Crippen MR) is 114 cm³/mol. The molecular weight excluding hydrogens is 396 g/mol. The summed E-state index contributed by atoms with van der Waals surface area (Å²) < 4.78 is 27.2. The minimum atomic E-state index is -3.86. The van der Waals surface area contributed by atoms with Crippen molar-refractivity contribution in [2.75, 3.05) is 6.61 Å². The molecule has 0 radical (unpaired) electrons. The van der Waals surface area contributed by atoms with Crippen LogP contribution in [-0.2, 0) is 10.0 Å². The SMILES string of the molecule is N#C[C@@H]1[C@H](c2ccc(C#CC3CCCC3)cc2)[C@@H](CO)N1S(=O)(=O)c1ccccc1. The number of benzene rings is 2. The van der Waals surface area contributed by atoms with Crippen molar-refractivity contribution in [1.82, 2.24) is 4.31 Å². The number of rotatable bonds is 4. The zero-order valence-corrected chi connectivity index (χ0v) is 17.4. The average Bonchev–Trinajstić information content (AvgIpc) is 3.27. The van der Waals surface area contributed by atoms with E-state index in [0.717, 1.165) is 15.4 Å². The second kappa shape index (κ2) is 8.62. The molecule has 154 valence electrons. The molecule has 30 heavy (non-hydrogen) atoms. The summed E-state index contributed by atoms with van der Waals surface area (Å²) in [5.74, 6) is 6.65. The Kier molecular flexibility index (Phi) is 5.92. The summed E-state index contributed by atoms with van der Waals surface area (Å²) in [6, 6.07) is 16.2. The number of nitriles is 1. The van der Waals surface area contributed by atoms with Gasteiger partial charge in [0.05, 0.1) is 23.6 Å². The lowest BCUT2D eigenvalue weighted by Crippen LogP contribution is -2.64. The van der Waals surface area contributed by atoms with Gasteiger partial charge in [0.1, 0.15) is 6.04 Å². The summed E-state index contributed by atoms with van der Waals surface area (Å²) in [6.07, 6.45) is 4.84. The number of nitrogens with zero attached hydrogens (tertiary/aromatic N) is 2. The van der Waals surface area contributed by atoms with Crippen molar-refractivity contribution in [2.45, 2.75) is 48.6 Å². The number of sulfonamides is 1. The third-order valence-electron chi connectivity index (χ3n) is 6.07. The lowest BCUT2D eigenvalue weighted by Gasteiger charge is -2.50. The van der Waals surface area contributed by atoms with Crippen LogP contribution in [0.15, 0.2) is 59.5 Å². The molecule has 6 heteroatoms. The van der Waals surface area contributed by atoms with Crippen LogP contribution in [0, 0.1) is 29.1 Å². The summed E-state index contributed by atoms with van der Waals surface area (Å²) in [4.78, 5) is 0.125. The second-order valence-electron chi connectivity index (χ2n) is 7.87. The van der Waals surface area contributed by atoms with Gasteiger partial charge in [-0.15, -0.1) is 0 Å². The zero-order chi connectivity index (χ0) is 21.1. The zero-order valence-electron chi connectivity index (χ0n) is 16.6. The van der Waals surface area contributed by atoms with Crippen LogP contribution in [-0.4, -0.2) is 36.5 Å². The van der Waals surface area contributed by atoms with Crippen molar-refractivity contribution in [1.29, 1.82) is 5.26 Å². The number of hydrogen-bond acceptors (Lipinski definition) is 4. The largest absolute Gasteiger partial charge is 0.395 e. The summed E-state index contributed by atoms with van der Waals surface area (Å²) in [6.45, 7) is -0.349. The van der Waals surface area contributed by atoms with E-state index >= 15 is 0 Å². The molecule has 2 aromatic carbocycles. The second-order valence-corrected chi connectivity index (χ2v) is 9.71. The first-order chi connectivity index (χ1) is 14.6. The highest BCUT2D eigenvalue weighted by Gasteiger charge is 2.55. The summed E-state index contributed by atoms with van der Waals surface area (Å²) in [7, 11) is -3.86. The van der Waals surface area contributed by atoms with Gasteiger partial charge in [-0.05, 0) is 42.7 Å². The molecule has 0 amide bonds. The van der Waals surface area contributed by atoms with Crippen molar-refractivity contribution < 1.29 is 13.5 Å². The van der Waals surface area contributed by atoms with Crippen LogP contribution < -0.4 is 0 Å². The highest BCUT2D eigenvalue weighted by molar-refractivity contribution is 7.89. The van der Waals surface area contributed by atoms with E-state index in [-0.39, 0.29) is 17.4 Å². The van der Waals surface area contributed by atoms with Crippen LogP contribution >= 0.6 is 0 Å². The molecule has 0 bridgehead atoms. The van der Waals surface area contributed by atoms with Gasteiger partial charge in [0.2, 0.25) is 10.0 Å². The van der Waals surface area contributed by atoms with Crippen molar-refractivity contribution in [3.63, 3.8) is 0 Å². The Hall–Kier alpha value is -2.64. The first-order valence-corrected chi connectivity index (χ1v) is 11.7. The first kappa shape index (κ1) is 20.6. The molecule has 0 spiro atoms. The van der Waals surface area contributed by atoms with E-state index in [9.17, 15) is 18.8 Å². The predicted octanol–water partition coefficient (Wildman–Crippen LogP) is 3.27. The van der Waals surface area contributed by atoms with Gasteiger partial charge in [0, 0.05) is 17.4 Å². The Morgan fingerprint density at radius 3 is 2.30 bits per heavy atom. The van der Waals surface area contributed by atoms with Gasteiger partial charge >= 0.3 is 0 Å². The van der Waals surface area contributed by atoms with E-state index in [1.165, 1.54) is 37.8 Å². The maximum absolute atomic E-state index is 13.0. The fourth-order valence-corrected chi connectivity index (χ4v) is 6.23. The summed E-state index contributed by atoms with van der Waals surface area (Å²) in [5.41, 5.74) is 1.75. The van der Waals surface area contributed by atoms with Gasteiger partial charge in [-0.2, -0.15) is 9.57 Å². The van der Waals surface area contributed by atoms with Gasteiger partial charge < -0.3 is 5.11 Å². The van der Waals surface area contributed by atoms with Gasteiger partial charge in [0.15, 0.2) is 0 Å². The van der Waals surface area contributed by atoms with Crippen molar-refractivity contribution in [3.8, 4) is 17.9 Å². The lowest BCUT2D eigenvalue weighted by molar-refractivity contribution is 0.0557. The Morgan fingerprint density at radius 1 is 1.03 bits per heavy atom. The van der Waals surface area contributed by atoms with Crippen molar-refractivity contribution in [2.24, 2.45) is 5.92 Å². The van der Waals surface area contributed by atoms with E-state index in [2.05, 4.69) is 17.9 Å². The van der Waals surface area contributed by atoms with Crippen LogP contribution in [0.2, 0.25) is 0 Å². The maximum atomic E-state index is 13.0. The van der Waals surface area contributed by atoms with Gasteiger partial charge in [0.25, 0.3) is 0 Å². The van der Waals surface area contributed by atoms with E-state index in [1.807, 2.05) is 24.3 Å². The average molecular weight is 421 g/mol. The Bertz CT molecular complexity index is 1090. The molecule has 0 unspecified atom stereocenters. The smallest absolute Gasteiger partial charge is 0.244 e. The van der Waals surface area contributed by atoms with Gasteiger partial charge in [-0.25, -0.2) is 8.42 Å². The van der Waals surface area contributed by atoms with Gasteiger partial charge in [-0.3, -0.25) is 0 Å². The molecular formula is C24H24N2O3S. The Morgan fingerprint density at radius 2 is 1.70 bits per heavy atom. The van der Waals surface area contributed by atoms with E-state index in [4.69, 9.17) is 0 Å². The molecule has 5 nitrogen and oxygen atoms in total. The highest BCUT2D eigenvalue weighted by atomic mass is 32.2. The van der Waals surface area contributed by atoms with E-state index < -0.39 is 22.1 Å². The van der Waals surface area contributed by atoms with Crippen molar-refractivity contribution >= 4 is 10.0 Å². The molecule has 1 saturated carbocycles. The molecule has 4 rings (SSSR count). The van der Waals surface area contributed by atoms with Crippen LogP contribution in [0.3, 0.4) is 0 Å². The fourth-order valence-electron chi connectivity index (χ4n) is 4.45. The Labute approximate surface area is 178 Å². The van der Waals surface area contributed by atoms with Crippen LogP contribution in [0.25, 0.3) is 0 Å². The molecule has 1 N–H and O–H groups in total. The lowest BCUT2D eigenvalue weighted by atomic mass is 9.78. The molecule has 1 aliphatic heterocycles. The topological polar surface area (TPSA) is 81.4 Å². The molecule has 1 heterocycles. The molecule has 2 aliphatic rings. The highest BCUT2D eigenvalue weighted by Crippen LogP contribution is 2.43. The normalized spacial score (nSPS) is 24.5. The monoisotopic (exact) mass is 420 g/mol. The minimum Gasteiger partial charge on any atom is -0.395 e. The third-order valence-corrected chi connectivity index (χ3v) is 7.99. The fraction of sp³-hybridized carbons (Fsp3) is 0.375. The maximum Gasteiger partial charge on any atom is 0.244 e. The summed E-state index contributed by atoms with van der Waals surface area (Å²) in [5, 5.41) is 19.6. The molecule has 1 saturated heterocycles. The number of aliphatic hydroxyl groups excluding tert-OH is 1. The standard InChI is InChI=1S/C24H24N2O3S/c25-16-22-24(20-14-12-19(13-15-20)11-10-18-6-4-5-7-18)23(17-27)26(22)30(28,29)21-8-2-1-3-9-21/h1-3,8-9,12-15,18,22-24,27H,4-7,17H2/t22-,23-,24+/m1/s1. The summed E-state index contributed by atoms with van der Waals surface area (Å²) >= 11 is 0.